The van der Waals surface area contributed by atoms with E-state index in [9.17, 15) is 22.8 Å². The van der Waals surface area contributed by atoms with E-state index >= 15 is 0 Å². The summed E-state index contributed by atoms with van der Waals surface area (Å²) in [5.74, 6) is -0.285. The monoisotopic (exact) mass is 665 g/mol. The molecule has 0 unspecified atom stereocenters. The van der Waals surface area contributed by atoms with Gasteiger partial charge in [-0.2, -0.15) is 13.2 Å². The van der Waals surface area contributed by atoms with Crippen LogP contribution in [-0.2, 0) is 15.4 Å². The fraction of sp³-hybridized carbons (Fsp3) is 0.324. The summed E-state index contributed by atoms with van der Waals surface area (Å²) < 4.78 is 51.9. The number of carbonyl (C=O) groups is 2. The third-order valence-electron chi connectivity index (χ3n) is 7.88. The van der Waals surface area contributed by atoms with Crippen molar-refractivity contribution in [2.45, 2.75) is 58.9 Å². The van der Waals surface area contributed by atoms with Gasteiger partial charge in [0.25, 0.3) is 5.91 Å². The Kier molecular flexibility index (Phi) is 10.5. The second-order valence-corrected chi connectivity index (χ2v) is 17.4. The molecule has 0 spiro atoms. The van der Waals surface area contributed by atoms with Crippen LogP contribution in [0.4, 0.5) is 24.7 Å². The van der Waals surface area contributed by atoms with Crippen LogP contribution in [0.2, 0.25) is 18.1 Å². The number of halogens is 3. The third-order valence-corrected chi connectivity index (χ3v) is 12.4. The van der Waals surface area contributed by atoms with E-state index < -0.39 is 26.1 Å². The average Bonchev–Trinajstić information content (AvgIpc) is 2.99. The molecule has 0 saturated heterocycles. The summed E-state index contributed by atoms with van der Waals surface area (Å²) >= 11 is 0. The first-order chi connectivity index (χ1) is 21.9. The van der Waals surface area contributed by atoms with Crippen LogP contribution >= 0.6 is 0 Å². The number of carbonyl (C=O) groups excluding carboxylic acids is 2. The fourth-order valence-electron chi connectivity index (χ4n) is 4.32. The molecule has 0 aliphatic heterocycles. The fourth-order valence-corrected chi connectivity index (χ4v) is 5.35. The highest BCUT2D eigenvalue weighted by atomic mass is 28.4. The number of pyridine rings is 3. The summed E-state index contributed by atoms with van der Waals surface area (Å²) in [7, 11) is -1.99. The van der Waals surface area contributed by atoms with Crippen molar-refractivity contribution in [3.8, 4) is 28.3 Å². The molecule has 0 aliphatic rings. The maximum atomic E-state index is 13.2. The molecule has 9 nitrogen and oxygen atoms in total. The van der Waals surface area contributed by atoms with Gasteiger partial charge >= 0.3 is 6.18 Å². The maximum absolute atomic E-state index is 13.2. The van der Waals surface area contributed by atoms with Gasteiger partial charge < -0.3 is 19.8 Å². The zero-order chi connectivity index (χ0) is 34.6. The van der Waals surface area contributed by atoms with E-state index in [1.807, 2.05) is 13.0 Å². The second-order valence-electron chi connectivity index (χ2n) is 12.6. The van der Waals surface area contributed by atoms with Crippen molar-refractivity contribution in [2.24, 2.45) is 0 Å². The minimum Gasteiger partial charge on any atom is -0.475 e. The molecule has 1 aromatic carbocycles. The lowest BCUT2D eigenvalue weighted by Gasteiger charge is -2.36. The molecule has 0 fully saturated rings. The molecule has 0 atom stereocenters. The van der Waals surface area contributed by atoms with Crippen LogP contribution in [0.1, 0.15) is 49.3 Å². The number of alkyl halides is 3. The molecule has 13 heteroatoms. The van der Waals surface area contributed by atoms with Gasteiger partial charge in [0.2, 0.25) is 11.8 Å². The molecule has 4 aromatic rings. The zero-order valence-electron chi connectivity index (χ0n) is 27.4. The number of amides is 2. The van der Waals surface area contributed by atoms with Gasteiger partial charge in [-0.1, -0.05) is 26.8 Å². The number of ether oxygens (including phenoxy) is 1. The van der Waals surface area contributed by atoms with Crippen molar-refractivity contribution >= 4 is 31.6 Å². The van der Waals surface area contributed by atoms with Crippen molar-refractivity contribution < 1.29 is 31.9 Å². The Morgan fingerprint density at radius 2 is 1.60 bits per heavy atom. The Morgan fingerprint density at radius 3 is 2.28 bits per heavy atom. The lowest BCUT2D eigenvalue weighted by Crippen LogP contribution is -2.41. The topological polar surface area (TPSA) is 115 Å². The van der Waals surface area contributed by atoms with Crippen LogP contribution in [0, 0.1) is 6.92 Å². The van der Waals surface area contributed by atoms with Crippen LogP contribution in [0.15, 0.2) is 67.0 Å². The first kappa shape index (κ1) is 35.2. The smallest absolute Gasteiger partial charge is 0.433 e. The molecule has 47 heavy (non-hydrogen) atoms. The normalized spacial score (nSPS) is 12.0. The van der Waals surface area contributed by atoms with Crippen molar-refractivity contribution in [2.75, 3.05) is 23.8 Å². The number of nitrogens with one attached hydrogen (secondary N) is 2. The Balaban J connectivity index is 1.67. The van der Waals surface area contributed by atoms with E-state index in [-0.39, 0.29) is 23.1 Å². The molecule has 0 aliphatic carbocycles. The largest absolute Gasteiger partial charge is 0.475 e. The SMILES string of the molecule is CC(=O)Nc1cc(-c2cc(-c3cc(NC(=O)c4ccnc(C(F)(F)F)c4)ccc3C)cc(OCCO[Si](C)(C)C(C)(C)C)n2)ccn1. The Bertz CT molecular complexity index is 1770. The molecule has 4 rings (SSSR count). The van der Waals surface area contributed by atoms with Crippen LogP contribution in [0.25, 0.3) is 22.4 Å². The number of anilines is 2. The van der Waals surface area contributed by atoms with Crippen LogP contribution < -0.4 is 15.4 Å². The van der Waals surface area contributed by atoms with Gasteiger partial charge in [0, 0.05) is 42.2 Å². The first-order valence-electron chi connectivity index (χ1n) is 14.9. The summed E-state index contributed by atoms with van der Waals surface area (Å²) in [5.41, 5.74) is 2.57. The average molecular weight is 666 g/mol. The molecule has 2 amide bonds. The molecule has 0 bridgehead atoms. The highest BCUT2D eigenvalue weighted by molar-refractivity contribution is 6.74. The highest BCUT2D eigenvalue weighted by Gasteiger charge is 2.37. The van der Waals surface area contributed by atoms with Gasteiger partial charge in [-0.25, -0.2) is 9.97 Å². The van der Waals surface area contributed by atoms with Crippen molar-refractivity contribution in [1.29, 1.82) is 0 Å². The lowest BCUT2D eigenvalue weighted by molar-refractivity contribution is -0.141. The Morgan fingerprint density at radius 1 is 0.872 bits per heavy atom. The molecular weight excluding hydrogens is 627 g/mol. The molecule has 3 aromatic heterocycles. The number of nitrogens with zero attached hydrogens (tertiary/aromatic N) is 3. The molecule has 248 valence electrons. The van der Waals surface area contributed by atoms with E-state index in [2.05, 4.69) is 54.5 Å². The minimum absolute atomic E-state index is 0.0429. The molecule has 0 radical (unpaired) electrons. The van der Waals surface area contributed by atoms with Crippen LogP contribution in [0.5, 0.6) is 5.88 Å². The quantitative estimate of drug-likeness (QED) is 0.130. The van der Waals surface area contributed by atoms with Crippen molar-refractivity contribution in [3.63, 3.8) is 0 Å². The predicted octanol–water partition coefficient (Wildman–Crippen LogP) is 8.14. The van der Waals surface area contributed by atoms with Crippen LogP contribution in [0.3, 0.4) is 0 Å². The predicted molar refractivity (Wildman–Crippen MR) is 178 cm³/mol. The first-order valence-corrected chi connectivity index (χ1v) is 17.8. The molecular formula is C34H38F3N5O4Si. The number of benzene rings is 1. The Labute approximate surface area is 273 Å². The second kappa shape index (κ2) is 14.0. The lowest BCUT2D eigenvalue weighted by atomic mass is 9.98. The Hall–Kier alpha value is -4.62. The minimum atomic E-state index is -4.68. The number of hydrogen-bond acceptors (Lipinski definition) is 7. The van der Waals surface area contributed by atoms with Gasteiger partial charge in [-0.05, 0) is 84.2 Å². The third kappa shape index (κ3) is 9.23. The highest BCUT2D eigenvalue weighted by Crippen LogP contribution is 2.37. The summed E-state index contributed by atoms with van der Waals surface area (Å²) in [6.07, 6.45) is -2.17. The number of aromatic nitrogens is 3. The zero-order valence-corrected chi connectivity index (χ0v) is 28.4. The number of rotatable bonds is 10. The van der Waals surface area contributed by atoms with Gasteiger partial charge in [0.1, 0.15) is 18.1 Å². The van der Waals surface area contributed by atoms with Gasteiger partial charge in [-0.15, -0.1) is 0 Å². The van der Waals surface area contributed by atoms with E-state index in [0.29, 0.717) is 46.9 Å². The molecule has 3 heterocycles. The summed E-state index contributed by atoms with van der Waals surface area (Å²) in [5, 5.41) is 5.41. The summed E-state index contributed by atoms with van der Waals surface area (Å²) in [6.45, 7) is 14.8. The molecule has 0 saturated carbocycles. The van der Waals surface area contributed by atoms with Gasteiger partial charge in [0.15, 0.2) is 8.32 Å². The van der Waals surface area contributed by atoms with E-state index in [4.69, 9.17) is 14.1 Å². The van der Waals surface area contributed by atoms with E-state index in [1.165, 1.54) is 13.0 Å². The van der Waals surface area contributed by atoms with Crippen LogP contribution in [-0.4, -0.2) is 48.3 Å². The van der Waals surface area contributed by atoms with Crippen molar-refractivity contribution in [3.05, 3.63) is 83.8 Å². The van der Waals surface area contributed by atoms with Gasteiger partial charge in [-0.3, -0.25) is 14.6 Å². The molecule has 2 N–H and O–H groups in total. The summed E-state index contributed by atoms with van der Waals surface area (Å²) in [6, 6.07) is 14.2. The van der Waals surface area contributed by atoms with Gasteiger partial charge in [0.05, 0.1) is 12.3 Å². The number of hydrogen-bond donors (Lipinski definition) is 2. The number of aryl methyl sites for hydroxylation is 1. The van der Waals surface area contributed by atoms with E-state index in [0.717, 1.165) is 17.3 Å². The van der Waals surface area contributed by atoms with E-state index in [1.54, 1.807) is 42.6 Å². The maximum Gasteiger partial charge on any atom is 0.433 e. The standard InChI is InChI=1S/C34H38F3N5O4Si/c1-21-8-9-26(41-32(44)24-11-12-38-29(17-24)34(35,36)37)20-27(21)25-16-28(23-10-13-39-30(18-23)40-22(2)43)42-31(19-25)45-14-15-46-47(6,7)33(3,4)5/h8-13,16-20H,14-15H2,1-7H3,(H,41,44)(H,39,40,43). The van der Waals surface area contributed by atoms with Crippen molar-refractivity contribution in [1.82, 2.24) is 15.0 Å². The summed E-state index contributed by atoms with van der Waals surface area (Å²) in [4.78, 5) is 36.8.